The summed E-state index contributed by atoms with van der Waals surface area (Å²) in [5, 5.41) is 9.50. The first-order chi connectivity index (χ1) is 8.69. The summed E-state index contributed by atoms with van der Waals surface area (Å²) >= 11 is 5.96. The minimum atomic E-state index is 0.118. The standard InChI is InChI=1S/C15H20ClNO/c1-3-4-5-6-8-12(2)18-15-10-7-9-14(16)13(15)11-17/h7,9-10,12H,3-6,8H2,1-2H3. The molecule has 1 unspecified atom stereocenters. The maximum atomic E-state index is 9.04. The molecule has 3 heteroatoms. The van der Waals surface area contributed by atoms with Crippen LogP contribution in [0.25, 0.3) is 0 Å². The maximum Gasteiger partial charge on any atom is 0.138 e. The molecule has 98 valence electrons. The molecule has 0 fully saturated rings. The van der Waals surface area contributed by atoms with E-state index in [2.05, 4.69) is 13.0 Å². The van der Waals surface area contributed by atoms with Crippen LogP contribution in [0.2, 0.25) is 5.02 Å². The van der Waals surface area contributed by atoms with E-state index in [-0.39, 0.29) is 6.10 Å². The number of halogens is 1. The van der Waals surface area contributed by atoms with Crippen LogP contribution in [0.3, 0.4) is 0 Å². The quantitative estimate of drug-likeness (QED) is 0.654. The average molecular weight is 266 g/mol. The zero-order chi connectivity index (χ0) is 13.4. The summed E-state index contributed by atoms with van der Waals surface area (Å²) in [6, 6.07) is 7.40. The van der Waals surface area contributed by atoms with E-state index in [0.29, 0.717) is 16.3 Å². The van der Waals surface area contributed by atoms with Gasteiger partial charge in [-0.1, -0.05) is 43.9 Å². The highest BCUT2D eigenvalue weighted by atomic mass is 35.5. The predicted molar refractivity (Wildman–Crippen MR) is 75.0 cm³/mol. The van der Waals surface area contributed by atoms with E-state index in [1.165, 1.54) is 19.3 Å². The molecular formula is C15H20ClNO. The van der Waals surface area contributed by atoms with Crippen molar-refractivity contribution in [3.63, 3.8) is 0 Å². The first-order valence-electron chi connectivity index (χ1n) is 6.54. The van der Waals surface area contributed by atoms with Gasteiger partial charge in [-0.25, -0.2) is 0 Å². The van der Waals surface area contributed by atoms with Gasteiger partial charge in [0.2, 0.25) is 0 Å². The molecule has 0 spiro atoms. The summed E-state index contributed by atoms with van der Waals surface area (Å²) in [5.74, 6) is 0.591. The van der Waals surface area contributed by atoms with Crippen molar-refractivity contribution in [2.45, 2.75) is 52.1 Å². The lowest BCUT2D eigenvalue weighted by Crippen LogP contribution is -2.12. The van der Waals surface area contributed by atoms with Crippen LogP contribution in [-0.4, -0.2) is 6.10 Å². The number of rotatable bonds is 7. The Balaban J connectivity index is 2.52. The van der Waals surface area contributed by atoms with Gasteiger partial charge in [-0.2, -0.15) is 5.26 Å². The average Bonchev–Trinajstić information content (AvgIpc) is 2.35. The van der Waals surface area contributed by atoms with Crippen molar-refractivity contribution in [1.82, 2.24) is 0 Å². The van der Waals surface area contributed by atoms with E-state index >= 15 is 0 Å². The van der Waals surface area contributed by atoms with Gasteiger partial charge in [0.25, 0.3) is 0 Å². The van der Waals surface area contributed by atoms with Gasteiger partial charge in [-0.05, 0) is 31.9 Å². The molecule has 0 aliphatic rings. The van der Waals surface area contributed by atoms with Crippen LogP contribution in [0.1, 0.15) is 51.5 Å². The predicted octanol–water partition coefficient (Wildman–Crippen LogP) is 4.95. The summed E-state index contributed by atoms with van der Waals surface area (Å²) in [4.78, 5) is 0. The van der Waals surface area contributed by atoms with Gasteiger partial charge in [-0.15, -0.1) is 0 Å². The fourth-order valence-corrected chi connectivity index (χ4v) is 2.05. The number of nitriles is 1. The second kappa shape index (κ2) is 8.00. The Labute approximate surface area is 115 Å². The third-order valence-corrected chi connectivity index (χ3v) is 3.19. The smallest absolute Gasteiger partial charge is 0.138 e. The molecule has 0 aliphatic carbocycles. The number of benzene rings is 1. The summed E-state index contributed by atoms with van der Waals surface area (Å²) in [7, 11) is 0. The summed E-state index contributed by atoms with van der Waals surface area (Å²) in [6.45, 7) is 4.24. The van der Waals surface area contributed by atoms with Crippen molar-refractivity contribution in [2.75, 3.05) is 0 Å². The Morgan fingerprint density at radius 1 is 1.33 bits per heavy atom. The summed E-state index contributed by atoms with van der Waals surface area (Å²) in [6.07, 6.45) is 6.04. The Morgan fingerprint density at radius 2 is 2.11 bits per heavy atom. The van der Waals surface area contributed by atoms with Gasteiger partial charge in [0, 0.05) is 0 Å². The topological polar surface area (TPSA) is 33.0 Å². The summed E-state index contributed by atoms with van der Waals surface area (Å²) in [5.41, 5.74) is 0.430. The molecule has 0 aliphatic heterocycles. The van der Waals surface area contributed by atoms with Gasteiger partial charge >= 0.3 is 0 Å². The van der Waals surface area contributed by atoms with Crippen LogP contribution < -0.4 is 4.74 Å². The number of hydrogen-bond donors (Lipinski definition) is 0. The molecule has 0 radical (unpaired) electrons. The Bertz CT molecular complexity index is 411. The molecule has 0 saturated heterocycles. The third kappa shape index (κ3) is 4.58. The van der Waals surface area contributed by atoms with E-state index in [0.717, 1.165) is 12.8 Å². The van der Waals surface area contributed by atoms with Gasteiger partial charge in [-0.3, -0.25) is 0 Å². The second-order valence-electron chi connectivity index (χ2n) is 4.50. The molecule has 1 atom stereocenters. The van der Waals surface area contributed by atoms with Crippen LogP contribution in [0.15, 0.2) is 18.2 Å². The van der Waals surface area contributed by atoms with E-state index in [1.807, 2.05) is 13.0 Å². The van der Waals surface area contributed by atoms with Crippen molar-refractivity contribution in [3.8, 4) is 11.8 Å². The van der Waals surface area contributed by atoms with E-state index < -0.39 is 0 Å². The number of ether oxygens (including phenoxy) is 1. The van der Waals surface area contributed by atoms with Gasteiger partial charge in [0.15, 0.2) is 0 Å². The van der Waals surface area contributed by atoms with Crippen LogP contribution in [-0.2, 0) is 0 Å². The fourth-order valence-electron chi connectivity index (χ4n) is 1.85. The molecule has 1 aromatic rings. The number of hydrogen-bond acceptors (Lipinski definition) is 2. The highest BCUT2D eigenvalue weighted by Crippen LogP contribution is 2.26. The van der Waals surface area contributed by atoms with Crippen LogP contribution in [0, 0.1) is 11.3 Å². The Hall–Kier alpha value is -1.20. The van der Waals surface area contributed by atoms with Crippen LogP contribution in [0.5, 0.6) is 5.75 Å². The number of nitrogens with zero attached hydrogens (tertiary/aromatic N) is 1. The van der Waals surface area contributed by atoms with Crippen molar-refractivity contribution < 1.29 is 4.74 Å². The largest absolute Gasteiger partial charge is 0.489 e. The van der Waals surface area contributed by atoms with E-state index in [9.17, 15) is 0 Å². The molecule has 0 N–H and O–H groups in total. The van der Waals surface area contributed by atoms with Gasteiger partial charge < -0.3 is 4.74 Å². The molecule has 18 heavy (non-hydrogen) atoms. The third-order valence-electron chi connectivity index (χ3n) is 2.88. The SMILES string of the molecule is CCCCCCC(C)Oc1cccc(Cl)c1C#N. The molecule has 1 rings (SSSR count). The van der Waals surface area contributed by atoms with E-state index in [4.69, 9.17) is 21.6 Å². The van der Waals surface area contributed by atoms with Crippen molar-refractivity contribution in [3.05, 3.63) is 28.8 Å². The normalized spacial score (nSPS) is 11.9. The maximum absolute atomic E-state index is 9.04. The van der Waals surface area contributed by atoms with Crippen molar-refractivity contribution >= 4 is 11.6 Å². The lowest BCUT2D eigenvalue weighted by Gasteiger charge is -2.15. The molecule has 0 amide bonds. The molecule has 0 saturated carbocycles. The molecule has 1 aromatic carbocycles. The molecule has 0 aromatic heterocycles. The monoisotopic (exact) mass is 265 g/mol. The van der Waals surface area contributed by atoms with Crippen molar-refractivity contribution in [2.24, 2.45) is 0 Å². The van der Waals surface area contributed by atoms with Gasteiger partial charge in [0.1, 0.15) is 17.4 Å². The Kier molecular flexibility index (Phi) is 6.60. The first kappa shape index (κ1) is 14.9. The number of unbranched alkanes of at least 4 members (excludes halogenated alkanes) is 3. The van der Waals surface area contributed by atoms with E-state index in [1.54, 1.807) is 12.1 Å². The zero-order valence-corrected chi connectivity index (χ0v) is 11.8. The molecule has 0 bridgehead atoms. The molecule has 0 heterocycles. The van der Waals surface area contributed by atoms with Crippen LogP contribution in [0.4, 0.5) is 0 Å². The highest BCUT2D eigenvalue weighted by Gasteiger charge is 2.10. The molecule has 2 nitrogen and oxygen atoms in total. The highest BCUT2D eigenvalue weighted by molar-refractivity contribution is 6.31. The van der Waals surface area contributed by atoms with Gasteiger partial charge in [0.05, 0.1) is 11.1 Å². The Morgan fingerprint density at radius 3 is 2.78 bits per heavy atom. The van der Waals surface area contributed by atoms with Crippen LogP contribution >= 0.6 is 11.6 Å². The second-order valence-corrected chi connectivity index (χ2v) is 4.91. The minimum absolute atomic E-state index is 0.118. The van der Waals surface area contributed by atoms with Crippen molar-refractivity contribution in [1.29, 1.82) is 5.26 Å². The lowest BCUT2D eigenvalue weighted by atomic mass is 10.1. The fraction of sp³-hybridized carbons (Fsp3) is 0.533. The first-order valence-corrected chi connectivity index (χ1v) is 6.92. The lowest BCUT2D eigenvalue weighted by molar-refractivity contribution is 0.206. The zero-order valence-electron chi connectivity index (χ0n) is 11.1. The summed E-state index contributed by atoms with van der Waals surface area (Å²) < 4.78 is 5.79. The minimum Gasteiger partial charge on any atom is -0.489 e. The molecular weight excluding hydrogens is 246 g/mol.